The van der Waals surface area contributed by atoms with Crippen molar-refractivity contribution in [3.8, 4) is 0 Å². The van der Waals surface area contributed by atoms with Crippen molar-refractivity contribution in [3.05, 3.63) is 0 Å². The van der Waals surface area contributed by atoms with E-state index in [9.17, 15) is 9.59 Å². The van der Waals surface area contributed by atoms with E-state index in [-0.39, 0.29) is 0 Å². The van der Waals surface area contributed by atoms with Crippen molar-refractivity contribution in [2.75, 3.05) is 0 Å². The van der Waals surface area contributed by atoms with Crippen LogP contribution < -0.4 is 0 Å². The molecular formula is C12H21Cl3O3. The molecule has 18 heavy (non-hydrogen) atoms. The van der Waals surface area contributed by atoms with E-state index in [4.69, 9.17) is 39.9 Å². The Labute approximate surface area is 124 Å². The van der Waals surface area contributed by atoms with Crippen LogP contribution in [0.2, 0.25) is 0 Å². The quantitative estimate of drug-likeness (QED) is 0.591. The van der Waals surface area contributed by atoms with Crippen molar-refractivity contribution in [1.29, 1.82) is 0 Å². The van der Waals surface area contributed by atoms with Gasteiger partial charge in [-0.3, -0.25) is 9.59 Å². The topological polar surface area (TPSA) is 54.4 Å². The van der Waals surface area contributed by atoms with E-state index >= 15 is 0 Å². The Kier molecular flexibility index (Phi) is 12.3. The van der Waals surface area contributed by atoms with Crippen LogP contribution in [-0.2, 0) is 9.59 Å². The zero-order valence-corrected chi connectivity index (χ0v) is 13.4. The summed E-state index contributed by atoms with van der Waals surface area (Å²) >= 11 is 16.0. The summed E-state index contributed by atoms with van der Waals surface area (Å²) in [4.78, 5) is 20.4. The molecule has 0 heterocycles. The lowest BCUT2D eigenvalue weighted by Crippen LogP contribution is -2.15. The van der Waals surface area contributed by atoms with Crippen molar-refractivity contribution < 1.29 is 14.7 Å². The van der Waals surface area contributed by atoms with Gasteiger partial charge in [-0.1, -0.05) is 27.7 Å². The third-order valence-electron chi connectivity index (χ3n) is 1.87. The number of hydrogen-bond donors (Lipinski definition) is 1. The van der Waals surface area contributed by atoms with Gasteiger partial charge in [0.2, 0.25) is 5.24 Å². The third kappa shape index (κ3) is 14.1. The molecule has 0 aliphatic heterocycles. The van der Waals surface area contributed by atoms with Gasteiger partial charge in [-0.25, -0.2) is 0 Å². The number of carboxylic acid groups (broad SMARTS) is 1. The molecule has 1 N–H and O–H groups in total. The zero-order chi connectivity index (χ0) is 14.9. The van der Waals surface area contributed by atoms with E-state index in [0.29, 0.717) is 24.7 Å². The molecule has 0 aromatic carbocycles. The van der Waals surface area contributed by atoms with Crippen LogP contribution in [0.5, 0.6) is 0 Å². The second-order valence-corrected chi connectivity index (χ2v) is 6.26. The molecular weight excluding hydrogens is 298 g/mol. The summed E-state index contributed by atoms with van der Waals surface area (Å²) in [5.74, 6) is -0.149. The number of aliphatic carboxylic acids is 1. The number of carbonyl (C=O) groups is 2. The van der Waals surface area contributed by atoms with Gasteiger partial charge >= 0.3 is 5.97 Å². The van der Waals surface area contributed by atoms with Gasteiger partial charge in [-0.15, -0.1) is 23.2 Å². The van der Waals surface area contributed by atoms with E-state index in [1.807, 2.05) is 27.7 Å². The number of halogens is 3. The van der Waals surface area contributed by atoms with Crippen LogP contribution in [0.15, 0.2) is 0 Å². The van der Waals surface area contributed by atoms with E-state index in [1.54, 1.807) is 0 Å². The SMILES string of the molecule is CC(C)C[C@H](Cl)C(=O)Cl.CC(C)C[C@H](Cl)C(=O)O. The lowest BCUT2D eigenvalue weighted by atomic mass is 10.1. The lowest BCUT2D eigenvalue weighted by Gasteiger charge is -2.05. The Morgan fingerprint density at radius 3 is 1.39 bits per heavy atom. The van der Waals surface area contributed by atoms with Crippen LogP contribution in [0.25, 0.3) is 0 Å². The predicted octanol–water partition coefficient (Wildman–Crippen LogP) is 4.13. The maximum atomic E-state index is 10.3. The van der Waals surface area contributed by atoms with E-state index < -0.39 is 22.0 Å². The summed E-state index contributed by atoms with van der Waals surface area (Å²) in [5, 5.41) is 6.62. The van der Waals surface area contributed by atoms with Gasteiger partial charge < -0.3 is 5.11 Å². The maximum absolute atomic E-state index is 10.3. The molecule has 0 aliphatic carbocycles. The first kappa shape index (κ1) is 20.3. The Morgan fingerprint density at radius 1 is 0.944 bits per heavy atom. The minimum absolute atomic E-state index is 0.351. The summed E-state index contributed by atoms with van der Waals surface area (Å²) < 4.78 is 0. The smallest absolute Gasteiger partial charge is 0.321 e. The van der Waals surface area contributed by atoms with Crippen LogP contribution in [0, 0.1) is 11.8 Å². The number of rotatable bonds is 6. The van der Waals surface area contributed by atoms with Crippen LogP contribution in [0.1, 0.15) is 40.5 Å². The summed E-state index contributed by atoms with van der Waals surface area (Å²) in [7, 11) is 0. The highest BCUT2D eigenvalue weighted by Crippen LogP contribution is 2.12. The predicted molar refractivity (Wildman–Crippen MR) is 76.7 cm³/mol. The minimum atomic E-state index is -0.926. The van der Waals surface area contributed by atoms with E-state index in [2.05, 4.69) is 0 Å². The summed E-state index contributed by atoms with van der Waals surface area (Å²) in [6.45, 7) is 7.88. The van der Waals surface area contributed by atoms with Crippen LogP contribution in [0.3, 0.4) is 0 Å². The molecule has 0 aromatic heterocycles. The third-order valence-corrected chi connectivity index (χ3v) is 2.99. The van der Waals surface area contributed by atoms with Gasteiger partial charge in [0.25, 0.3) is 0 Å². The van der Waals surface area contributed by atoms with E-state index in [1.165, 1.54) is 0 Å². The minimum Gasteiger partial charge on any atom is -0.480 e. The molecule has 0 bridgehead atoms. The molecule has 0 amide bonds. The first-order valence-corrected chi connectivity index (χ1v) is 7.03. The number of carboxylic acids is 1. The molecule has 108 valence electrons. The fourth-order valence-electron chi connectivity index (χ4n) is 1.02. The van der Waals surface area contributed by atoms with Gasteiger partial charge in [0.05, 0.1) is 0 Å². The van der Waals surface area contributed by atoms with Crippen LogP contribution >= 0.6 is 34.8 Å². The molecule has 0 unspecified atom stereocenters. The second-order valence-electron chi connectivity index (χ2n) is 4.84. The molecule has 0 aromatic rings. The largest absolute Gasteiger partial charge is 0.480 e. The number of carbonyl (C=O) groups excluding carboxylic acids is 1. The Bertz CT molecular complexity index is 229. The average Bonchev–Trinajstić information content (AvgIpc) is 2.16. The van der Waals surface area contributed by atoms with Crippen molar-refractivity contribution in [3.63, 3.8) is 0 Å². The Morgan fingerprint density at radius 2 is 1.28 bits per heavy atom. The molecule has 0 saturated heterocycles. The number of hydrogen-bond acceptors (Lipinski definition) is 2. The van der Waals surface area contributed by atoms with Gasteiger partial charge in [-0.05, 0) is 36.3 Å². The first-order valence-electron chi connectivity index (χ1n) is 5.78. The molecule has 0 aliphatic rings. The fraction of sp³-hybridized carbons (Fsp3) is 0.833. The summed E-state index contributed by atoms with van der Waals surface area (Å²) in [6, 6.07) is 0. The van der Waals surface area contributed by atoms with Crippen LogP contribution in [0.4, 0.5) is 0 Å². The highest BCUT2D eigenvalue weighted by Gasteiger charge is 2.14. The Hall–Kier alpha value is 0.01000. The molecule has 6 heteroatoms. The zero-order valence-electron chi connectivity index (χ0n) is 11.1. The number of alkyl halides is 2. The molecule has 2 atom stereocenters. The van der Waals surface area contributed by atoms with Crippen molar-refractivity contribution >= 4 is 46.0 Å². The summed E-state index contributed by atoms with van der Waals surface area (Å²) in [6.07, 6.45) is 1.20. The van der Waals surface area contributed by atoms with Gasteiger partial charge in [-0.2, -0.15) is 0 Å². The highest BCUT2D eigenvalue weighted by atomic mass is 35.5. The van der Waals surface area contributed by atoms with Gasteiger partial charge in [0.15, 0.2) is 0 Å². The van der Waals surface area contributed by atoms with Gasteiger partial charge in [0, 0.05) is 0 Å². The van der Waals surface area contributed by atoms with E-state index in [0.717, 1.165) is 0 Å². The van der Waals surface area contributed by atoms with Crippen LogP contribution in [-0.4, -0.2) is 27.1 Å². The monoisotopic (exact) mass is 318 g/mol. The van der Waals surface area contributed by atoms with Crippen molar-refractivity contribution in [1.82, 2.24) is 0 Å². The van der Waals surface area contributed by atoms with Crippen molar-refractivity contribution in [2.45, 2.75) is 51.3 Å². The normalized spacial score (nSPS) is 13.8. The molecule has 0 spiro atoms. The molecule has 0 fully saturated rings. The maximum Gasteiger partial charge on any atom is 0.321 e. The van der Waals surface area contributed by atoms with Crippen molar-refractivity contribution in [2.24, 2.45) is 11.8 Å². The highest BCUT2D eigenvalue weighted by molar-refractivity contribution is 6.69. The lowest BCUT2D eigenvalue weighted by molar-refractivity contribution is -0.136. The molecule has 0 rings (SSSR count). The molecule has 0 saturated carbocycles. The fourth-order valence-corrected chi connectivity index (χ4v) is 1.82. The Balaban J connectivity index is 0. The molecule has 0 radical (unpaired) electrons. The summed E-state index contributed by atoms with van der Waals surface area (Å²) in [5.41, 5.74) is 0. The standard InChI is InChI=1S/C6H10Cl2O.C6H11ClO2/c2*1-4(2)3-5(7)6(8)9/h4-5H,3H2,1-2H3;4-5H,3H2,1-2H3,(H,8,9)/t2*5-/m00/s1. The average molecular weight is 320 g/mol. The van der Waals surface area contributed by atoms with Gasteiger partial charge in [0.1, 0.15) is 10.8 Å². The second kappa shape index (κ2) is 10.9. The molecule has 3 nitrogen and oxygen atoms in total. The first-order chi connectivity index (χ1) is 8.07.